The second-order valence-corrected chi connectivity index (χ2v) is 6.26. The number of nitro benzene ring substituents is 2. The van der Waals surface area contributed by atoms with Crippen molar-refractivity contribution in [3.63, 3.8) is 0 Å². The normalized spacial score (nSPS) is 9.86. The monoisotopic (exact) mass is 526 g/mol. The van der Waals surface area contributed by atoms with Crippen molar-refractivity contribution in [2.24, 2.45) is 0 Å². The molecule has 0 aliphatic carbocycles. The molecule has 0 bridgehead atoms. The van der Waals surface area contributed by atoms with E-state index in [1.165, 1.54) is 0 Å². The van der Waals surface area contributed by atoms with E-state index in [0.29, 0.717) is 6.07 Å². The van der Waals surface area contributed by atoms with Crippen LogP contribution in [0.5, 0.6) is 0 Å². The third-order valence-electron chi connectivity index (χ3n) is 2.94. The molecule has 2 aromatic carbocycles. The molecule has 2 aromatic rings. The number of nitrogens with zero attached hydrogens (tertiary/aromatic N) is 2. The molecule has 0 amide bonds. The van der Waals surface area contributed by atoms with Gasteiger partial charge in [-0.3, -0.25) is 20.2 Å². The van der Waals surface area contributed by atoms with Crippen molar-refractivity contribution in [2.75, 3.05) is 0 Å². The molecule has 0 saturated carbocycles. The van der Waals surface area contributed by atoms with Crippen molar-refractivity contribution >= 4 is 55.2 Å². The van der Waals surface area contributed by atoms with Gasteiger partial charge in [-0.05, 0) is 37.9 Å². The molecule has 14 heteroatoms. The summed E-state index contributed by atoms with van der Waals surface area (Å²) in [6.07, 6.45) is 0. The van der Waals surface area contributed by atoms with Crippen LogP contribution in [-0.2, 0) is 0 Å². The van der Waals surface area contributed by atoms with E-state index < -0.39 is 60.4 Å². The van der Waals surface area contributed by atoms with E-state index in [1.807, 2.05) is 0 Å². The molecule has 0 radical (unpaired) electrons. The minimum atomic E-state index is -1.55. The van der Waals surface area contributed by atoms with Gasteiger partial charge < -0.3 is 10.2 Å². The highest BCUT2D eigenvalue weighted by atomic mass is 79.9. The predicted octanol–water partition coefficient (Wildman–Crippen LogP) is 4.39. The predicted molar refractivity (Wildman–Crippen MR) is 95.4 cm³/mol. The largest absolute Gasteiger partial charge is 0.478 e. The van der Waals surface area contributed by atoms with Crippen LogP contribution >= 0.6 is 31.9 Å². The van der Waals surface area contributed by atoms with Gasteiger partial charge in [-0.15, -0.1) is 0 Å². The first kappa shape index (κ1) is 23.0. The first-order chi connectivity index (χ1) is 12.9. The number of nitro groups is 2. The lowest BCUT2D eigenvalue weighted by atomic mass is 10.2. The molecule has 0 aliphatic rings. The van der Waals surface area contributed by atoms with Crippen molar-refractivity contribution in [1.29, 1.82) is 0 Å². The quantitative estimate of drug-likeness (QED) is 0.437. The number of aromatic carboxylic acids is 2. The Bertz CT molecular complexity index is 1000. The molecular weight excluding hydrogens is 522 g/mol. The lowest BCUT2D eigenvalue weighted by Crippen LogP contribution is -2.04. The van der Waals surface area contributed by atoms with Crippen LogP contribution in [0.25, 0.3) is 0 Å². The number of carbonyl (C=O) groups is 2. The van der Waals surface area contributed by atoms with E-state index in [4.69, 9.17) is 10.2 Å². The molecule has 0 saturated heterocycles. The Morgan fingerprint density at radius 2 is 1.46 bits per heavy atom. The maximum Gasteiger partial charge on any atom is 0.344 e. The van der Waals surface area contributed by atoms with Crippen LogP contribution in [0, 0.1) is 31.9 Å². The zero-order chi connectivity index (χ0) is 21.8. The molecule has 0 aromatic heterocycles. The van der Waals surface area contributed by atoms with Crippen molar-refractivity contribution in [1.82, 2.24) is 0 Å². The number of hydrogen-bond acceptors (Lipinski definition) is 6. The number of hydrogen-bond donors (Lipinski definition) is 2. The number of carboxylic acid groups (broad SMARTS) is 2. The first-order valence-electron chi connectivity index (χ1n) is 6.60. The summed E-state index contributed by atoms with van der Waals surface area (Å²) in [4.78, 5) is 40.0. The lowest BCUT2D eigenvalue weighted by molar-refractivity contribution is -0.385. The van der Waals surface area contributed by atoms with Gasteiger partial charge in [0.1, 0.15) is 11.6 Å². The third kappa shape index (κ3) is 5.26. The summed E-state index contributed by atoms with van der Waals surface area (Å²) in [6.45, 7) is 0. The Balaban J connectivity index is 0.000000280. The number of carboxylic acids is 2. The Morgan fingerprint density at radius 3 is 1.89 bits per heavy atom. The van der Waals surface area contributed by atoms with E-state index in [0.717, 1.165) is 18.2 Å². The summed E-state index contributed by atoms with van der Waals surface area (Å²) in [5.41, 5.74) is -2.40. The molecule has 0 spiro atoms. The molecule has 28 heavy (non-hydrogen) atoms. The molecule has 0 fully saturated rings. The lowest BCUT2D eigenvalue weighted by Gasteiger charge is -2.01. The average Bonchev–Trinajstić information content (AvgIpc) is 2.58. The number of benzene rings is 2. The smallest absolute Gasteiger partial charge is 0.344 e. The van der Waals surface area contributed by atoms with E-state index in [2.05, 4.69) is 31.9 Å². The Hall–Kier alpha value is -3.00. The highest BCUT2D eigenvalue weighted by Gasteiger charge is 2.25. The van der Waals surface area contributed by atoms with E-state index in [-0.39, 0.29) is 4.47 Å². The Morgan fingerprint density at radius 1 is 0.893 bits per heavy atom. The van der Waals surface area contributed by atoms with Crippen LogP contribution in [0.15, 0.2) is 33.2 Å². The van der Waals surface area contributed by atoms with Crippen LogP contribution < -0.4 is 0 Å². The fraction of sp³-hybridized carbons (Fsp3) is 0. The number of halogens is 4. The molecule has 0 unspecified atom stereocenters. The van der Waals surface area contributed by atoms with Gasteiger partial charge in [0.05, 0.1) is 30.4 Å². The molecule has 2 rings (SSSR count). The first-order valence-corrected chi connectivity index (χ1v) is 8.19. The Kier molecular flexibility index (Phi) is 7.63. The van der Waals surface area contributed by atoms with Gasteiger partial charge in [0.2, 0.25) is 0 Å². The highest BCUT2D eigenvalue weighted by Crippen LogP contribution is 2.29. The minimum absolute atomic E-state index is 0.296. The van der Waals surface area contributed by atoms with Gasteiger partial charge in [0.15, 0.2) is 5.56 Å². The molecular formula is C14H6Br2F2N2O8. The summed E-state index contributed by atoms with van der Waals surface area (Å²) >= 11 is 5.33. The summed E-state index contributed by atoms with van der Waals surface area (Å²) in [7, 11) is 0. The molecule has 0 atom stereocenters. The van der Waals surface area contributed by atoms with Crippen LogP contribution in [0.4, 0.5) is 20.2 Å². The second kappa shape index (κ2) is 9.27. The van der Waals surface area contributed by atoms with Gasteiger partial charge in [-0.1, -0.05) is 0 Å². The zero-order valence-corrected chi connectivity index (χ0v) is 16.2. The van der Waals surface area contributed by atoms with E-state index >= 15 is 0 Å². The number of rotatable bonds is 4. The van der Waals surface area contributed by atoms with Gasteiger partial charge in [-0.25, -0.2) is 18.4 Å². The minimum Gasteiger partial charge on any atom is -0.478 e. The van der Waals surface area contributed by atoms with Crippen LogP contribution in [0.1, 0.15) is 20.7 Å². The van der Waals surface area contributed by atoms with Crippen LogP contribution in [-0.4, -0.2) is 32.0 Å². The summed E-state index contributed by atoms with van der Waals surface area (Å²) < 4.78 is 25.1. The molecule has 148 valence electrons. The second-order valence-electron chi connectivity index (χ2n) is 4.67. The van der Waals surface area contributed by atoms with E-state index in [9.17, 15) is 38.6 Å². The summed E-state index contributed by atoms with van der Waals surface area (Å²) in [5, 5.41) is 37.9. The molecule has 0 aliphatic heterocycles. The topological polar surface area (TPSA) is 161 Å². The standard InChI is InChI=1S/2C7H3BrFNO4/c8-6-4(7(11)12)1-3(10(13)14)2-5(6)9;8-6-3(9)1-2-4(10(13)14)5(6)7(11)12/h2*1-2H,(H,11,12). The number of non-ortho nitro benzene ring substituents is 1. The maximum absolute atomic E-state index is 12.9. The van der Waals surface area contributed by atoms with Gasteiger partial charge >= 0.3 is 11.9 Å². The van der Waals surface area contributed by atoms with Crippen LogP contribution in [0.2, 0.25) is 0 Å². The van der Waals surface area contributed by atoms with Gasteiger partial charge in [0, 0.05) is 12.1 Å². The van der Waals surface area contributed by atoms with Gasteiger partial charge in [0.25, 0.3) is 11.4 Å². The van der Waals surface area contributed by atoms with Crippen molar-refractivity contribution in [2.45, 2.75) is 0 Å². The maximum atomic E-state index is 12.9. The highest BCUT2D eigenvalue weighted by molar-refractivity contribution is 9.10. The third-order valence-corrected chi connectivity index (χ3v) is 4.52. The van der Waals surface area contributed by atoms with Gasteiger partial charge in [-0.2, -0.15) is 0 Å². The van der Waals surface area contributed by atoms with Crippen molar-refractivity contribution < 1.29 is 38.4 Å². The summed E-state index contributed by atoms with van der Waals surface area (Å²) in [6, 6.07) is 3.07. The fourth-order valence-corrected chi connectivity index (χ4v) is 2.64. The van der Waals surface area contributed by atoms with E-state index in [1.54, 1.807) is 0 Å². The van der Waals surface area contributed by atoms with Crippen LogP contribution in [0.3, 0.4) is 0 Å². The molecule has 0 heterocycles. The molecule has 10 nitrogen and oxygen atoms in total. The fourth-order valence-electron chi connectivity index (χ4n) is 1.73. The average molecular weight is 528 g/mol. The van der Waals surface area contributed by atoms with Crippen molar-refractivity contribution in [3.05, 3.63) is 76.2 Å². The molecule has 2 N–H and O–H groups in total. The zero-order valence-electron chi connectivity index (χ0n) is 13.1. The van der Waals surface area contributed by atoms with Crippen molar-refractivity contribution in [3.8, 4) is 0 Å². The summed E-state index contributed by atoms with van der Waals surface area (Å²) in [5.74, 6) is -4.81. The Labute approximate surface area is 170 Å². The SMILES string of the molecule is O=C(O)c1c([N+](=O)[O-])ccc(F)c1Br.O=C(O)c1cc([N+](=O)[O-])cc(F)c1Br.